The van der Waals surface area contributed by atoms with Gasteiger partial charge in [0.15, 0.2) is 0 Å². The quantitative estimate of drug-likeness (QED) is 0.478. The zero-order chi connectivity index (χ0) is 6.81. The van der Waals surface area contributed by atoms with Crippen molar-refractivity contribution in [2.24, 2.45) is 16.8 Å². The molecule has 1 heteroatoms. The number of fused-ring (bicyclic) bond motifs is 1. The van der Waals surface area contributed by atoms with Gasteiger partial charge in [-0.15, -0.1) is 0 Å². The molecule has 0 spiro atoms. The van der Waals surface area contributed by atoms with E-state index in [0.717, 1.165) is 18.9 Å². The van der Waals surface area contributed by atoms with Gasteiger partial charge in [-0.25, -0.2) is 0 Å². The van der Waals surface area contributed by atoms with Crippen LogP contribution in [0, 0.1) is 11.8 Å². The summed E-state index contributed by atoms with van der Waals surface area (Å²) in [6, 6.07) is 0. The lowest BCUT2D eigenvalue weighted by Crippen LogP contribution is -2.19. The number of allylic oxidation sites excluding steroid dienone is 3. The zero-order valence-electron chi connectivity index (χ0n) is 5.90. The summed E-state index contributed by atoms with van der Waals surface area (Å²) in [5.74, 6) is 1.43. The van der Waals surface area contributed by atoms with Crippen molar-refractivity contribution in [1.29, 1.82) is 0 Å². The molecule has 2 atom stereocenters. The predicted octanol–water partition coefficient (Wildman–Crippen LogP) is 1.82. The molecular weight excluding hydrogens is 122 g/mol. The lowest BCUT2D eigenvalue weighted by molar-refractivity contribution is 0.479. The summed E-state index contributed by atoms with van der Waals surface area (Å²) in [4.78, 5) is 4.25. The van der Waals surface area contributed by atoms with Crippen molar-refractivity contribution in [3.8, 4) is 0 Å². The maximum absolute atomic E-state index is 4.25. The predicted molar refractivity (Wildman–Crippen MR) is 43.2 cm³/mol. The molecule has 0 aromatic heterocycles. The minimum atomic E-state index is 0.690. The number of nitrogens with zero attached hydrogens (tertiary/aromatic N) is 1. The maximum atomic E-state index is 4.25. The van der Waals surface area contributed by atoms with Crippen LogP contribution in [-0.4, -0.2) is 12.8 Å². The van der Waals surface area contributed by atoms with Gasteiger partial charge in [0.1, 0.15) is 0 Å². The highest BCUT2D eigenvalue weighted by atomic mass is 14.7. The highest BCUT2D eigenvalue weighted by Gasteiger charge is 2.19. The van der Waals surface area contributed by atoms with Crippen molar-refractivity contribution < 1.29 is 0 Å². The molecule has 0 saturated heterocycles. The molecule has 1 aliphatic heterocycles. The standard InChI is InChI=1S/C9H11N/c1-2-4-9-7-10-6-5-8(9)3-1/h1-4,6,8-9H,5,7H2. The second kappa shape index (κ2) is 2.41. The summed E-state index contributed by atoms with van der Waals surface area (Å²) in [5, 5.41) is 0. The molecule has 0 aromatic carbocycles. The minimum absolute atomic E-state index is 0.690. The van der Waals surface area contributed by atoms with Gasteiger partial charge in [-0.3, -0.25) is 4.99 Å². The van der Waals surface area contributed by atoms with Gasteiger partial charge in [-0.05, 0) is 18.6 Å². The smallest absolute Gasteiger partial charge is 0.0454 e. The molecular formula is C9H11N. The van der Waals surface area contributed by atoms with E-state index in [1.165, 1.54) is 0 Å². The topological polar surface area (TPSA) is 12.4 Å². The normalized spacial score (nSPS) is 36.0. The highest BCUT2D eigenvalue weighted by molar-refractivity contribution is 5.59. The zero-order valence-corrected chi connectivity index (χ0v) is 5.90. The van der Waals surface area contributed by atoms with E-state index >= 15 is 0 Å². The summed E-state index contributed by atoms with van der Waals surface area (Å²) in [7, 11) is 0. The van der Waals surface area contributed by atoms with Crippen LogP contribution in [0.15, 0.2) is 29.3 Å². The van der Waals surface area contributed by atoms with Crippen molar-refractivity contribution >= 4 is 6.21 Å². The number of hydrogen-bond donors (Lipinski definition) is 0. The highest BCUT2D eigenvalue weighted by Crippen LogP contribution is 2.24. The van der Waals surface area contributed by atoms with Crippen LogP contribution in [0.3, 0.4) is 0 Å². The van der Waals surface area contributed by atoms with Gasteiger partial charge in [0.05, 0.1) is 0 Å². The molecule has 1 aliphatic carbocycles. The summed E-state index contributed by atoms with van der Waals surface area (Å²) < 4.78 is 0. The van der Waals surface area contributed by atoms with E-state index in [9.17, 15) is 0 Å². The van der Waals surface area contributed by atoms with Crippen molar-refractivity contribution in [2.75, 3.05) is 6.54 Å². The van der Waals surface area contributed by atoms with Crippen LogP contribution in [0.1, 0.15) is 6.42 Å². The Hall–Kier alpha value is -0.850. The van der Waals surface area contributed by atoms with Crippen LogP contribution in [0.2, 0.25) is 0 Å². The van der Waals surface area contributed by atoms with Gasteiger partial charge in [-0.2, -0.15) is 0 Å². The van der Waals surface area contributed by atoms with Crippen LogP contribution in [0.5, 0.6) is 0 Å². The first-order valence-corrected chi connectivity index (χ1v) is 3.80. The Morgan fingerprint density at radius 3 is 2.70 bits per heavy atom. The van der Waals surface area contributed by atoms with Crippen LogP contribution in [-0.2, 0) is 0 Å². The second-order valence-corrected chi connectivity index (χ2v) is 2.88. The van der Waals surface area contributed by atoms with Crippen molar-refractivity contribution in [3.05, 3.63) is 24.3 Å². The number of rotatable bonds is 0. The van der Waals surface area contributed by atoms with Crippen molar-refractivity contribution in [3.63, 3.8) is 0 Å². The van der Waals surface area contributed by atoms with Gasteiger partial charge >= 0.3 is 0 Å². The lowest BCUT2D eigenvalue weighted by Gasteiger charge is -2.24. The number of aliphatic imine (C=N–C) groups is 1. The SMILES string of the molecule is C1=CC2CC=NCC2C=C1. The molecule has 2 rings (SSSR count). The third kappa shape index (κ3) is 0.919. The molecule has 0 N–H and O–H groups in total. The molecule has 0 amide bonds. The van der Waals surface area contributed by atoms with E-state index in [4.69, 9.17) is 0 Å². The minimum Gasteiger partial charge on any atom is -0.297 e. The van der Waals surface area contributed by atoms with E-state index in [-0.39, 0.29) is 0 Å². The molecule has 0 saturated carbocycles. The molecule has 2 unspecified atom stereocenters. The van der Waals surface area contributed by atoms with Gasteiger partial charge in [-0.1, -0.05) is 24.3 Å². The van der Waals surface area contributed by atoms with E-state index < -0.39 is 0 Å². The molecule has 0 radical (unpaired) electrons. The van der Waals surface area contributed by atoms with Crippen LogP contribution in [0.4, 0.5) is 0 Å². The van der Waals surface area contributed by atoms with E-state index in [1.54, 1.807) is 0 Å². The Bertz CT molecular complexity index is 179. The fraction of sp³-hybridized carbons (Fsp3) is 0.444. The maximum Gasteiger partial charge on any atom is 0.0454 e. The average Bonchev–Trinajstić information content (AvgIpc) is 2.05. The third-order valence-corrected chi connectivity index (χ3v) is 2.20. The Labute approximate surface area is 61.2 Å². The first kappa shape index (κ1) is 5.90. The van der Waals surface area contributed by atoms with Crippen molar-refractivity contribution in [2.45, 2.75) is 6.42 Å². The summed E-state index contributed by atoms with van der Waals surface area (Å²) in [6.45, 7) is 0.992. The lowest BCUT2D eigenvalue weighted by atomic mass is 9.85. The van der Waals surface area contributed by atoms with Crippen LogP contribution >= 0.6 is 0 Å². The molecule has 0 bridgehead atoms. The Kier molecular flexibility index (Phi) is 1.42. The molecule has 2 aliphatic rings. The van der Waals surface area contributed by atoms with Crippen molar-refractivity contribution in [1.82, 2.24) is 0 Å². The fourth-order valence-electron chi connectivity index (χ4n) is 1.54. The molecule has 52 valence electrons. The van der Waals surface area contributed by atoms with Gasteiger partial charge in [0.2, 0.25) is 0 Å². The third-order valence-electron chi connectivity index (χ3n) is 2.20. The summed E-state index contributed by atoms with van der Waals surface area (Å²) >= 11 is 0. The van der Waals surface area contributed by atoms with Gasteiger partial charge < -0.3 is 0 Å². The Morgan fingerprint density at radius 2 is 1.90 bits per heavy atom. The van der Waals surface area contributed by atoms with Gasteiger partial charge in [0.25, 0.3) is 0 Å². The molecule has 1 nitrogen and oxygen atoms in total. The summed E-state index contributed by atoms with van der Waals surface area (Å²) in [6.07, 6.45) is 12.0. The van der Waals surface area contributed by atoms with Gasteiger partial charge in [0, 0.05) is 12.5 Å². The van der Waals surface area contributed by atoms with E-state index in [0.29, 0.717) is 5.92 Å². The molecule has 10 heavy (non-hydrogen) atoms. The summed E-state index contributed by atoms with van der Waals surface area (Å²) in [5.41, 5.74) is 0. The molecule has 1 heterocycles. The van der Waals surface area contributed by atoms with Crippen LogP contribution < -0.4 is 0 Å². The first-order valence-electron chi connectivity index (χ1n) is 3.80. The van der Waals surface area contributed by atoms with E-state index in [2.05, 4.69) is 29.3 Å². The number of hydrogen-bond acceptors (Lipinski definition) is 1. The average molecular weight is 133 g/mol. The largest absolute Gasteiger partial charge is 0.297 e. The monoisotopic (exact) mass is 133 g/mol. The van der Waals surface area contributed by atoms with Crippen LogP contribution in [0.25, 0.3) is 0 Å². The second-order valence-electron chi connectivity index (χ2n) is 2.88. The first-order chi connectivity index (χ1) is 4.97. The van der Waals surface area contributed by atoms with E-state index in [1.807, 2.05) is 6.21 Å². The Morgan fingerprint density at radius 1 is 1.10 bits per heavy atom. The molecule has 0 aromatic rings. The fourth-order valence-corrected chi connectivity index (χ4v) is 1.54. The molecule has 0 fully saturated rings. The Balaban J connectivity index is 2.19.